The zero-order valence-electron chi connectivity index (χ0n) is 23.5. The summed E-state index contributed by atoms with van der Waals surface area (Å²) in [6.07, 6.45) is 31.2. The molecule has 0 rings (SSSR count). The monoisotopic (exact) mass is 493 g/mol. The highest BCUT2D eigenvalue weighted by atomic mass is 16.5. The Balaban J connectivity index is 3.54. The molecule has 0 unspecified atom stereocenters. The van der Waals surface area contributed by atoms with Crippen LogP contribution in [0.15, 0.2) is 24.3 Å². The van der Waals surface area contributed by atoms with E-state index in [1.807, 2.05) is 0 Å². The first-order chi connectivity index (χ1) is 17.2. The van der Waals surface area contributed by atoms with E-state index in [0.717, 1.165) is 58.2 Å². The van der Waals surface area contributed by atoms with Gasteiger partial charge in [0.2, 0.25) is 0 Å². The van der Waals surface area contributed by atoms with Gasteiger partial charge < -0.3 is 14.7 Å². The van der Waals surface area contributed by atoms with Crippen molar-refractivity contribution in [3.05, 3.63) is 24.3 Å². The van der Waals surface area contributed by atoms with Crippen LogP contribution in [0.2, 0.25) is 0 Å². The minimum atomic E-state index is -0.0251. The lowest BCUT2D eigenvalue weighted by molar-refractivity contribution is -0.143. The highest BCUT2D eigenvalue weighted by molar-refractivity contribution is 5.69. The number of hydrogen-bond donors (Lipinski definition) is 1. The smallest absolute Gasteiger partial charge is 0.305 e. The third-order valence-electron chi connectivity index (χ3n) is 6.47. The van der Waals surface area contributed by atoms with Gasteiger partial charge in [-0.05, 0) is 64.5 Å². The summed E-state index contributed by atoms with van der Waals surface area (Å²) in [5, 5.41) is 9.37. The molecule has 0 aromatic heterocycles. The second-order valence-electron chi connectivity index (χ2n) is 9.86. The molecule has 1 N–H and O–H groups in total. The van der Waals surface area contributed by atoms with Crippen molar-refractivity contribution in [2.24, 2.45) is 0 Å². The van der Waals surface area contributed by atoms with Gasteiger partial charge in [0.05, 0.1) is 13.2 Å². The van der Waals surface area contributed by atoms with Crippen LogP contribution in [0.1, 0.15) is 136 Å². The van der Waals surface area contributed by atoms with Crippen LogP contribution >= 0.6 is 0 Å². The van der Waals surface area contributed by atoms with Gasteiger partial charge in [-0.15, -0.1) is 0 Å². The molecule has 4 nitrogen and oxygen atoms in total. The number of aliphatic hydroxyl groups is 1. The Labute approximate surface area is 218 Å². The van der Waals surface area contributed by atoms with E-state index in [1.54, 1.807) is 0 Å². The minimum absolute atomic E-state index is 0.0251. The lowest BCUT2D eigenvalue weighted by Gasteiger charge is -2.21. The number of unbranched alkanes of at least 4 members (excludes halogenated alkanes) is 13. The normalized spacial score (nSPS) is 11.9. The van der Waals surface area contributed by atoms with Crippen molar-refractivity contribution in [1.82, 2.24) is 4.90 Å². The molecule has 4 heteroatoms. The molecule has 0 bridgehead atoms. The molecule has 0 radical (unpaired) electrons. The molecule has 0 atom stereocenters. The Kier molecular flexibility index (Phi) is 28.2. The van der Waals surface area contributed by atoms with E-state index in [9.17, 15) is 9.90 Å². The fourth-order valence-electron chi connectivity index (χ4n) is 4.26. The van der Waals surface area contributed by atoms with Gasteiger partial charge in [0.1, 0.15) is 0 Å². The predicted octanol–water partition coefficient (Wildman–Crippen LogP) is 8.39. The van der Waals surface area contributed by atoms with Crippen LogP contribution in [-0.4, -0.2) is 48.8 Å². The Morgan fingerprint density at radius 1 is 0.686 bits per heavy atom. The summed E-state index contributed by atoms with van der Waals surface area (Å²) in [4.78, 5) is 14.2. The Hall–Kier alpha value is -1.13. The van der Waals surface area contributed by atoms with Gasteiger partial charge in [0, 0.05) is 13.0 Å². The van der Waals surface area contributed by atoms with Crippen LogP contribution in [0.4, 0.5) is 0 Å². The Bertz CT molecular complexity index is 490. The van der Waals surface area contributed by atoms with Crippen LogP contribution in [-0.2, 0) is 9.53 Å². The predicted molar refractivity (Wildman–Crippen MR) is 152 cm³/mol. The molecule has 35 heavy (non-hydrogen) atoms. The number of hydrogen-bond acceptors (Lipinski definition) is 4. The number of carbonyl (C=O) groups excluding carboxylic acids is 1. The van der Waals surface area contributed by atoms with E-state index in [1.165, 1.54) is 77.0 Å². The SMILES string of the molecule is CC/C=C\C/C=C\CCCCCCCCN(CCO)CCCCCCCC(=O)OCCCCCC. The molecule has 0 aliphatic rings. The summed E-state index contributed by atoms with van der Waals surface area (Å²) < 4.78 is 5.30. The molecule has 206 valence electrons. The highest BCUT2D eigenvalue weighted by Crippen LogP contribution is 2.11. The Morgan fingerprint density at radius 2 is 1.29 bits per heavy atom. The van der Waals surface area contributed by atoms with Gasteiger partial charge in [-0.2, -0.15) is 0 Å². The fourth-order valence-corrected chi connectivity index (χ4v) is 4.26. The Morgan fingerprint density at radius 3 is 1.94 bits per heavy atom. The van der Waals surface area contributed by atoms with Crippen molar-refractivity contribution in [2.45, 2.75) is 136 Å². The first-order valence-electron chi connectivity index (χ1n) is 15.0. The molecule has 0 heterocycles. The first-order valence-corrected chi connectivity index (χ1v) is 15.0. The van der Waals surface area contributed by atoms with Crippen molar-refractivity contribution in [2.75, 3.05) is 32.8 Å². The number of ether oxygens (including phenoxy) is 1. The number of aliphatic hydroxyl groups excluding tert-OH is 1. The third-order valence-corrected chi connectivity index (χ3v) is 6.47. The number of allylic oxidation sites excluding steroid dienone is 4. The van der Waals surface area contributed by atoms with Gasteiger partial charge in [-0.1, -0.05) is 102 Å². The summed E-state index contributed by atoms with van der Waals surface area (Å²) in [5.41, 5.74) is 0. The number of carbonyl (C=O) groups is 1. The van der Waals surface area contributed by atoms with Crippen molar-refractivity contribution in [3.8, 4) is 0 Å². The average Bonchev–Trinajstić information content (AvgIpc) is 2.86. The summed E-state index contributed by atoms with van der Waals surface area (Å²) in [5.74, 6) is -0.0251. The zero-order valence-corrected chi connectivity index (χ0v) is 23.5. The highest BCUT2D eigenvalue weighted by Gasteiger charge is 2.05. The van der Waals surface area contributed by atoms with Crippen molar-refractivity contribution in [3.63, 3.8) is 0 Å². The quantitative estimate of drug-likeness (QED) is 0.0709. The van der Waals surface area contributed by atoms with Gasteiger partial charge in [0.15, 0.2) is 0 Å². The zero-order chi connectivity index (χ0) is 25.7. The maximum atomic E-state index is 11.7. The summed E-state index contributed by atoms with van der Waals surface area (Å²) in [7, 11) is 0. The van der Waals surface area contributed by atoms with E-state index in [2.05, 4.69) is 43.1 Å². The minimum Gasteiger partial charge on any atom is -0.466 e. The summed E-state index contributed by atoms with van der Waals surface area (Å²) in [6, 6.07) is 0. The number of rotatable bonds is 27. The van der Waals surface area contributed by atoms with Crippen LogP contribution in [0.3, 0.4) is 0 Å². The second-order valence-corrected chi connectivity index (χ2v) is 9.86. The van der Waals surface area contributed by atoms with Crippen molar-refractivity contribution in [1.29, 1.82) is 0 Å². The van der Waals surface area contributed by atoms with Gasteiger partial charge >= 0.3 is 5.97 Å². The average molecular weight is 494 g/mol. The summed E-state index contributed by atoms with van der Waals surface area (Å²) >= 11 is 0. The van der Waals surface area contributed by atoms with E-state index in [4.69, 9.17) is 4.74 Å². The van der Waals surface area contributed by atoms with Gasteiger partial charge in [-0.25, -0.2) is 0 Å². The molecule has 0 amide bonds. The number of esters is 1. The van der Waals surface area contributed by atoms with Crippen LogP contribution < -0.4 is 0 Å². The molecule has 0 aliphatic carbocycles. The topological polar surface area (TPSA) is 49.8 Å². The molecule has 0 spiro atoms. The van der Waals surface area contributed by atoms with E-state index >= 15 is 0 Å². The van der Waals surface area contributed by atoms with Gasteiger partial charge in [0.25, 0.3) is 0 Å². The second kappa shape index (κ2) is 29.1. The van der Waals surface area contributed by atoms with E-state index < -0.39 is 0 Å². The number of nitrogens with zero attached hydrogens (tertiary/aromatic N) is 1. The van der Waals surface area contributed by atoms with Crippen molar-refractivity contribution >= 4 is 5.97 Å². The van der Waals surface area contributed by atoms with E-state index in [-0.39, 0.29) is 12.6 Å². The van der Waals surface area contributed by atoms with Crippen molar-refractivity contribution < 1.29 is 14.6 Å². The maximum absolute atomic E-state index is 11.7. The largest absolute Gasteiger partial charge is 0.466 e. The molecule has 0 aromatic carbocycles. The fraction of sp³-hybridized carbons (Fsp3) is 0.839. The van der Waals surface area contributed by atoms with Crippen LogP contribution in [0.5, 0.6) is 0 Å². The molecular weight excluding hydrogens is 434 g/mol. The molecule has 0 saturated carbocycles. The van der Waals surface area contributed by atoms with E-state index in [0.29, 0.717) is 13.0 Å². The molecule has 0 saturated heterocycles. The standard InChI is InChI=1S/C31H59NO3/c1-3-5-7-9-10-11-12-13-14-15-16-19-22-26-32(28-29-33)27-23-20-17-18-21-25-31(34)35-30-24-8-6-4-2/h5,7,10-11,33H,3-4,6,8-9,12-30H2,1-2H3/b7-5-,11-10-. The lowest BCUT2D eigenvalue weighted by atomic mass is 10.1. The molecular formula is C31H59NO3. The summed E-state index contributed by atoms with van der Waals surface area (Å²) in [6.45, 7) is 8.20. The molecule has 0 fully saturated rings. The third kappa shape index (κ3) is 27.3. The lowest BCUT2D eigenvalue weighted by Crippen LogP contribution is -2.29. The molecule has 0 aliphatic heterocycles. The van der Waals surface area contributed by atoms with Crippen LogP contribution in [0, 0.1) is 0 Å². The molecule has 0 aromatic rings. The first kappa shape index (κ1) is 33.9. The van der Waals surface area contributed by atoms with Gasteiger partial charge in [-0.3, -0.25) is 4.79 Å². The maximum Gasteiger partial charge on any atom is 0.305 e. The van der Waals surface area contributed by atoms with Crippen LogP contribution in [0.25, 0.3) is 0 Å².